The van der Waals surface area contributed by atoms with E-state index in [-0.39, 0.29) is 18.8 Å². The van der Waals surface area contributed by atoms with Crippen LogP contribution in [0, 0.1) is 5.92 Å². The van der Waals surface area contributed by atoms with Crippen LogP contribution >= 0.6 is 0 Å². The molecule has 0 aliphatic carbocycles. The first kappa shape index (κ1) is 13.3. The van der Waals surface area contributed by atoms with Crippen LogP contribution in [0.2, 0.25) is 0 Å². The molecule has 1 aliphatic heterocycles. The van der Waals surface area contributed by atoms with Gasteiger partial charge in [0.1, 0.15) is 11.5 Å². The van der Waals surface area contributed by atoms with Crippen molar-refractivity contribution in [3.8, 4) is 0 Å². The number of anilines is 1. The normalized spacial score (nSPS) is 19.8. The van der Waals surface area contributed by atoms with Gasteiger partial charge in [-0.3, -0.25) is 14.5 Å². The van der Waals surface area contributed by atoms with Crippen molar-refractivity contribution in [1.82, 2.24) is 4.98 Å². The lowest BCUT2D eigenvalue weighted by Crippen LogP contribution is -2.29. The summed E-state index contributed by atoms with van der Waals surface area (Å²) in [6.45, 7) is -0.0392. The molecule has 1 unspecified atom stereocenters. The number of hydrogen-bond donors (Lipinski definition) is 1. The van der Waals surface area contributed by atoms with Gasteiger partial charge in [-0.15, -0.1) is 0 Å². The van der Waals surface area contributed by atoms with E-state index >= 15 is 0 Å². The maximum Gasteiger partial charge on any atom is 0.433 e. The van der Waals surface area contributed by atoms with Gasteiger partial charge in [0, 0.05) is 13.0 Å². The van der Waals surface area contributed by atoms with Gasteiger partial charge in [-0.25, -0.2) is 4.98 Å². The SMILES string of the molecule is NC(=O)C1CC(=O)N(c2cccc(C(F)(F)F)n2)C1. The molecule has 1 fully saturated rings. The molecular formula is C11H10F3N3O2. The number of pyridine rings is 1. The second-order valence-electron chi connectivity index (χ2n) is 4.19. The van der Waals surface area contributed by atoms with Crippen molar-refractivity contribution in [3.05, 3.63) is 23.9 Å². The Balaban J connectivity index is 2.28. The van der Waals surface area contributed by atoms with Crippen molar-refractivity contribution >= 4 is 17.6 Å². The first-order valence-electron chi connectivity index (χ1n) is 5.43. The smallest absolute Gasteiger partial charge is 0.369 e. The molecular weight excluding hydrogens is 263 g/mol. The van der Waals surface area contributed by atoms with E-state index in [1.165, 1.54) is 6.07 Å². The van der Waals surface area contributed by atoms with E-state index in [1.54, 1.807) is 0 Å². The van der Waals surface area contributed by atoms with Gasteiger partial charge in [0.2, 0.25) is 11.8 Å². The summed E-state index contributed by atoms with van der Waals surface area (Å²) in [5.74, 6) is -1.93. The number of carbonyl (C=O) groups excluding carboxylic acids is 2. The Morgan fingerprint density at radius 2 is 2.11 bits per heavy atom. The summed E-state index contributed by atoms with van der Waals surface area (Å²) in [6, 6.07) is 3.27. The molecule has 0 radical (unpaired) electrons. The quantitative estimate of drug-likeness (QED) is 0.871. The van der Waals surface area contributed by atoms with Gasteiger partial charge in [-0.1, -0.05) is 6.07 Å². The van der Waals surface area contributed by atoms with Crippen LogP contribution in [0.5, 0.6) is 0 Å². The molecule has 0 aromatic carbocycles. The number of primary amides is 1. The van der Waals surface area contributed by atoms with Crippen LogP contribution < -0.4 is 10.6 Å². The molecule has 2 heterocycles. The van der Waals surface area contributed by atoms with Crippen LogP contribution in [-0.2, 0) is 15.8 Å². The minimum atomic E-state index is -4.58. The Kier molecular flexibility index (Phi) is 3.17. The molecule has 1 atom stereocenters. The van der Waals surface area contributed by atoms with Crippen molar-refractivity contribution in [1.29, 1.82) is 0 Å². The Labute approximate surface area is 106 Å². The van der Waals surface area contributed by atoms with Gasteiger partial charge in [0.15, 0.2) is 0 Å². The number of amides is 2. The van der Waals surface area contributed by atoms with Crippen molar-refractivity contribution in [2.75, 3.05) is 11.4 Å². The summed E-state index contributed by atoms with van der Waals surface area (Å²) >= 11 is 0. The lowest BCUT2D eigenvalue weighted by molar-refractivity contribution is -0.141. The molecule has 1 aromatic heterocycles. The fraction of sp³-hybridized carbons (Fsp3) is 0.364. The third kappa shape index (κ3) is 2.67. The average Bonchev–Trinajstić information content (AvgIpc) is 2.71. The number of aromatic nitrogens is 1. The third-order valence-electron chi connectivity index (χ3n) is 2.83. The second kappa shape index (κ2) is 4.52. The fourth-order valence-corrected chi connectivity index (χ4v) is 1.85. The third-order valence-corrected chi connectivity index (χ3v) is 2.83. The van der Waals surface area contributed by atoms with Gasteiger partial charge >= 0.3 is 6.18 Å². The fourth-order valence-electron chi connectivity index (χ4n) is 1.85. The van der Waals surface area contributed by atoms with Crippen molar-refractivity contribution < 1.29 is 22.8 Å². The van der Waals surface area contributed by atoms with Crippen molar-refractivity contribution in [2.24, 2.45) is 11.7 Å². The van der Waals surface area contributed by atoms with Crippen molar-refractivity contribution in [3.63, 3.8) is 0 Å². The zero-order chi connectivity index (χ0) is 14.2. The minimum absolute atomic E-state index is 0.0392. The van der Waals surface area contributed by atoms with Crippen molar-refractivity contribution in [2.45, 2.75) is 12.6 Å². The van der Waals surface area contributed by atoms with E-state index in [4.69, 9.17) is 5.73 Å². The summed E-state index contributed by atoms with van der Waals surface area (Å²) in [5, 5.41) is 0. The maximum atomic E-state index is 12.5. The zero-order valence-electron chi connectivity index (χ0n) is 9.65. The molecule has 19 heavy (non-hydrogen) atoms. The van der Waals surface area contributed by atoms with Crippen LogP contribution in [-0.4, -0.2) is 23.3 Å². The summed E-state index contributed by atoms with van der Waals surface area (Å²) in [6.07, 6.45) is -4.69. The van der Waals surface area contributed by atoms with E-state index in [9.17, 15) is 22.8 Å². The predicted molar refractivity (Wildman–Crippen MR) is 58.9 cm³/mol. The number of hydrogen-bond acceptors (Lipinski definition) is 3. The Hall–Kier alpha value is -2.12. The van der Waals surface area contributed by atoms with E-state index < -0.39 is 29.6 Å². The molecule has 2 N–H and O–H groups in total. The number of nitrogens with two attached hydrogens (primary N) is 1. The Morgan fingerprint density at radius 3 is 2.63 bits per heavy atom. The maximum absolute atomic E-state index is 12.5. The largest absolute Gasteiger partial charge is 0.433 e. The van der Waals surface area contributed by atoms with Crippen LogP contribution in [0.25, 0.3) is 0 Å². The number of nitrogens with zero attached hydrogens (tertiary/aromatic N) is 2. The molecule has 0 saturated carbocycles. The molecule has 0 spiro atoms. The molecule has 1 aliphatic rings. The summed E-state index contributed by atoms with van der Waals surface area (Å²) in [4.78, 5) is 27.1. The number of alkyl halides is 3. The number of rotatable bonds is 2. The average molecular weight is 273 g/mol. The highest BCUT2D eigenvalue weighted by atomic mass is 19.4. The first-order chi connectivity index (χ1) is 8.79. The van der Waals surface area contributed by atoms with Gasteiger partial charge in [0.25, 0.3) is 0 Å². The topological polar surface area (TPSA) is 76.3 Å². The van der Waals surface area contributed by atoms with E-state index in [2.05, 4.69) is 4.98 Å². The molecule has 2 amide bonds. The molecule has 1 saturated heterocycles. The molecule has 1 aromatic rings. The predicted octanol–water partition coefficient (Wildman–Crippen LogP) is 0.939. The lowest BCUT2D eigenvalue weighted by Gasteiger charge is -2.16. The molecule has 2 rings (SSSR count). The molecule has 8 heteroatoms. The zero-order valence-corrected chi connectivity index (χ0v) is 9.65. The van der Waals surface area contributed by atoms with E-state index in [1.807, 2.05) is 0 Å². The standard InChI is InChI=1S/C11H10F3N3O2/c12-11(13,14)7-2-1-3-8(16-7)17-5-6(10(15)19)4-9(17)18/h1-3,6H,4-5H2,(H2,15,19). The van der Waals surface area contributed by atoms with Gasteiger partial charge in [-0.05, 0) is 12.1 Å². The first-order valence-corrected chi connectivity index (χ1v) is 5.43. The summed E-state index contributed by atoms with van der Waals surface area (Å²) in [7, 11) is 0. The number of carbonyl (C=O) groups is 2. The molecule has 102 valence electrons. The van der Waals surface area contributed by atoms with E-state index in [0.29, 0.717) is 0 Å². The Morgan fingerprint density at radius 1 is 1.42 bits per heavy atom. The highest BCUT2D eigenvalue weighted by Gasteiger charge is 2.37. The van der Waals surface area contributed by atoms with Gasteiger partial charge in [-0.2, -0.15) is 13.2 Å². The van der Waals surface area contributed by atoms with Gasteiger partial charge in [0.05, 0.1) is 5.92 Å². The lowest BCUT2D eigenvalue weighted by atomic mass is 10.1. The van der Waals surface area contributed by atoms with Crippen LogP contribution in [0.3, 0.4) is 0 Å². The monoisotopic (exact) mass is 273 g/mol. The highest BCUT2D eigenvalue weighted by molar-refractivity contribution is 5.99. The van der Waals surface area contributed by atoms with Gasteiger partial charge < -0.3 is 5.73 Å². The van der Waals surface area contributed by atoms with Crippen LogP contribution in [0.15, 0.2) is 18.2 Å². The minimum Gasteiger partial charge on any atom is -0.369 e. The Bertz CT molecular complexity index is 530. The molecule has 5 nitrogen and oxygen atoms in total. The van der Waals surface area contributed by atoms with Crippen LogP contribution in [0.4, 0.5) is 19.0 Å². The summed E-state index contributed by atoms with van der Waals surface area (Å²) in [5.41, 5.74) is 4.00. The summed E-state index contributed by atoms with van der Waals surface area (Å²) < 4.78 is 37.6. The highest BCUT2D eigenvalue weighted by Crippen LogP contribution is 2.30. The molecule has 0 bridgehead atoms. The number of halogens is 3. The second-order valence-corrected chi connectivity index (χ2v) is 4.19. The van der Waals surface area contributed by atoms with E-state index in [0.717, 1.165) is 17.0 Å². The van der Waals surface area contributed by atoms with Crippen LogP contribution in [0.1, 0.15) is 12.1 Å².